The average Bonchev–Trinajstić information content (AvgIpc) is 2.51. The number of rotatable bonds is 1. The fourth-order valence-corrected chi connectivity index (χ4v) is 2.52. The van der Waals surface area contributed by atoms with Gasteiger partial charge >= 0.3 is 6.03 Å². The molecule has 0 unspecified atom stereocenters. The molecule has 0 radical (unpaired) electrons. The average molecular weight is 323 g/mol. The molecule has 2 heterocycles. The Balaban J connectivity index is 2.19. The minimum atomic E-state index is -0.382. The summed E-state index contributed by atoms with van der Waals surface area (Å²) in [5.41, 5.74) is 0. The molecule has 74 valence electrons. The van der Waals surface area contributed by atoms with Gasteiger partial charge in [-0.1, -0.05) is 11.3 Å². The first kappa shape index (κ1) is 9.84. The second-order valence-electron chi connectivity index (χ2n) is 2.70. The number of thiazole rings is 1. The minimum absolute atomic E-state index is 0.225. The van der Waals surface area contributed by atoms with E-state index in [1.165, 1.54) is 16.2 Å². The lowest BCUT2D eigenvalue weighted by Gasteiger charge is -2.23. The maximum Gasteiger partial charge on any atom is 0.330 e. The van der Waals surface area contributed by atoms with E-state index in [-0.39, 0.29) is 11.9 Å². The van der Waals surface area contributed by atoms with Gasteiger partial charge in [0.1, 0.15) is 0 Å². The molecule has 1 aromatic rings. The van der Waals surface area contributed by atoms with E-state index < -0.39 is 0 Å². The molecule has 0 aliphatic carbocycles. The van der Waals surface area contributed by atoms with Crippen LogP contribution in [0, 0.1) is 2.88 Å². The highest BCUT2D eigenvalue weighted by Gasteiger charge is 2.25. The lowest BCUT2D eigenvalue weighted by Crippen LogP contribution is -2.49. The maximum absolute atomic E-state index is 11.4. The van der Waals surface area contributed by atoms with Crippen LogP contribution in [0.1, 0.15) is 6.42 Å². The highest BCUT2D eigenvalue weighted by atomic mass is 127. The maximum atomic E-state index is 11.4. The Morgan fingerprint density at radius 2 is 2.36 bits per heavy atom. The molecule has 0 aromatic carbocycles. The van der Waals surface area contributed by atoms with Gasteiger partial charge < -0.3 is 0 Å². The SMILES string of the molecule is O=C1CCN(c2ncc(I)s2)C(=O)N1. The molecule has 0 spiro atoms. The summed E-state index contributed by atoms with van der Waals surface area (Å²) in [4.78, 5) is 27.8. The van der Waals surface area contributed by atoms with Crippen LogP contribution in [0.15, 0.2) is 6.20 Å². The van der Waals surface area contributed by atoms with Gasteiger partial charge in [0, 0.05) is 13.0 Å². The van der Waals surface area contributed by atoms with Gasteiger partial charge in [-0.3, -0.25) is 15.0 Å². The molecule has 0 bridgehead atoms. The minimum Gasteiger partial charge on any atom is -0.278 e. The molecule has 1 aliphatic rings. The van der Waals surface area contributed by atoms with Gasteiger partial charge in [-0.2, -0.15) is 0 Å². The van der Waals surface area contributed by atoms with Crippen molar-refractivity contribution in [3.05, 3.63) is 9.08 Å². The fourth-order valence-electron chi connectivity index (χ4n) is 1.12. The van der Waals surface area contributed by atoms with E-state index in [0.717, 1.165) is 2.88 Å². The molecule has 1 aromatic heterocycles. The molecule has 14 heavy (non-hydrogen) atoms. The van der Waals surface area contributed by atoms with Gasteiger partial charge in [-0.25, -0.2) is 9.78 Å². The Morgan fingerprint density at radius 3 is 2.93 bits per heavy atom. The van der Waals surface area contributed by atoms with Crippen molar-refractivity contribution in [2.75, 3.05) is 11.4 Å². The molecule has 5 nitrogen and oxygen atoms in total. The van der Waals surface area contributed by atoms with Gasteiger partial charge in [0.2, 0.25) is 5.91 Å². The van der Waals surface area contributed by atoms with Crippen molar-refractivity contribution in [1.29, 1.82) is 0 Å². The number of aromatic nitrogens is 1. The molecule has 0 atom stereocenters. The Labute approximate surface area is 97.6 Å². The Bertz CT molecular complexity index is 392. The van der Waals surface area contributed by atoms with Crippen LogP contribution in [0.3, 0.4) is 0 Å². The molecule has 1 fully saturated rings. The van der Waals surface area contributed by atoms with Crippen LogP contribution in [-0.2, 0) is 4.79 Å². The van der Waals surface area contributed by atoms with Crippen molar-refractivity contribution in [3.63, 3.8) is 0 Å². The molecule has 3 amide bonds. The second kappa shape index (κ2) is 3.81. The molecule has 1 saturated heterocycles. The van der Waals surface area contributed by atoms with E-state index >= 15 is 0 Å². The number of imide groups is 1. The van der Waals surface area contributed by atoms with Gasteiger partial charge in [-0.05, 0) is 22.6 Å². The van der Waals surface area contributed by atoms with Crippen LogP contribution < -0.4 is 10.2 Å². The first-order valence-electron chi connectivity index (χ1n) is 3.89. The van der Waals surface area contributed by atoms with Crippen molar-refractivity contribution in [3.8, 4) is 0 Å². The van der Waals surface area contributed by atoms with Gasteiger partial charge in [-0.15, -0.1) is 0 Å². The molecule has 7 heteroatoms. The highest BCUT2D eigenvalue weighted by molar-refractivity contribution is 14.1. The van der Waals surface area contributed by atoms with Crippen LogP contribution in [0.2, 0.25) is 0 Å². The Morgan fingerprint density at radius 1 is 1.57 bits per heavy atom. The number of nitrogens with one attached hydrogen (secondary N) is 1. The number of nitrogens with zero attached hydrogens (tertiary/aromatic N) is 2. The third-order valence-corrected chi connectivity index (χ3v) is 3.50. The normalized spacial score (nSPS) is 17.1. The lowest BCUT2D eigenvalue weighted by molar-refractivity contribution is -0.120. The van der Waals surface area contributed by atoms with Crippen molar-refractivity contribution in [2.45, 2.75) is 6.42 Å². The number of carbonyl (C=O) groups excluding carboxylic acids is 2. The Kier molecular flexibility index (Phi) is 2.68. The fraction of sp³-hybridized carbons (Fsp3) is 0.286. The van der Waals surface area contributed by atoms with Crippen LogP contribution in [0.4, 0.5) is 9.93 Å². The summed E-state index contributed by atoms with van der Waals surface area (Å²) in [5, 5.41) is 2.89. The van der Waals surface area contributed by atoms with Crippen LogP contribution in [0.5, 0.6) is 0 Å². The van der Waals surface area contributed by atoms with Crippen LogP contribution >= 0.6 is 33.9 Å². The smallest absolute Gasteiger partial charge is 0.278 e. The third-order valence-electron chi connectivity index (χ3n) is 1.75. The Hall–Kier alpha value is -0.700. The summed E-state index contributed by atoms with van der Waals surface area (Å²) in [5.74, 6) is -0.225. The number of urea groups is 1. The van der Waals surface area contributed by atoms with Crippen molar-refractivity contribution in [1.82, 2.24) is 10.3 Å². The van der Waals surface area contributed by atoms with E-state index in [1.807, 2.05) is 0 Å². The van der Waals surface area contributed by atoms with E-state index in [1.54, 1.807) is 6.20 Å². The monoisotopic (exact) mass is 323 g/mol. The highest BCUT2D eigenvalue weighted by Crippen LogP contribution is 2.24. The molecule has 1 N–H and O–H groups in total. The predicted molar refractivity (Wildman–Crippen MR) is 60.3 cm³/mol. The van der Waals surface area contributed by atoms with E-state index in [9.17, 15) is 9.59 Å². The molecule has 2 rings (SSSR count). The zero-order valence-electron chi connectivity index (χ0n) is 6.99. The zero-order chi connectivity index (χ0) is 10.1. The van der Waals surface area contributed by atoms with Crippen molar-refractivity contribution < 1.29 is 9.59 Å². The first-order valence-corrected chi connectivity index (χ1v) is 5.79. The third kappa shape index (κ3) is 1.87. The van der Waals surface area contributed by atoms with Crippen LogP contribution in [-0.4, -0.2) is 23.5 Å². The zero-order valence-corrected chi connectivity index (χ0v) is 9.96. The second-order valence-corrected chi connectivity index (χ2v) is 5.61. The quantitative estimate of drug-likeness (QED) is 0.790. The van der Waals surface area contributed by atoms with E-state index in [4.69, 9.17) is 0 Å². The van der Waals surface area contributed by atoms with Gasteiger partial charge in [0.15, 0.2) is 5.13 Å². The summed E-state index contributed by atoms with van der Waals surface area (Å²) >= 11 is 3.57. The number of halogens is 1. The molecular weight excluding hydrogens is 317 g/mol. The molecular formula is C7H6IN3O2S. The first-order chi connectivity index (χ1) is 6.66. The summed E-state index contributed by atoms with van der Waals surface area (Å²) in [7, 11) is 0. The van der Waals surface area contributed by atoms with E-state index in [2.05, 4.69) is 32.9 Å². The van der Waals surface area contributed by atoms with Gasteiger partial charge in [0.25, 0.3) is 0 Å². The van der Waals surface area contributed by atoms with Crippen molar-refractivity contribution >= 4 is 51.0 Å². The number of carbonyl (C=O) groups is 2. The van der Waals surface area contributed by atoms with Crippen molar-refractivity contribution in [2.24, 2.45) is 0 Å². The standard InChI is InChI=1S/C7H6IN3O2S/c8-4-3-9-7(14-4)11-2-1-5(12)10-6(11)13/h3H,1-2H2,(H,10,12,13). The largest absolute Gasteiger partial charge is 0.330 e. The number of hydrogen-bond acceptors (Lipinski definition) is 4. The summed E-state index contributed by atoms with van der Waals surface area (Å²) in [6, 6.07) is -0.382. The summed E-state index contributed by atoms with van der Waals surface area (Å²) in [6.45, 7) is 0.411. The summed E-state index contributed by atoms with van der Waals surface area (Å²) in [6.07, 6.45) is 2.03. The number of hydrogen-bond donors (Lipinski definition) is 1. The molecule has 0 saturated carbocycles. The molecule has 1 aliphatic heterocycles. The van der Waals surface area contributed by atoms with E-state index in [0.29, 0.717) is 18.1 Å². The summed E-state index contributed by atoms with van der Waals surface area (Å²) < 4.78 is 1.02. The lowest BCUT2D eigenvalue weighted by atomic mass is 10.3. The number of anilines is 1. The predicted octanol–water partition coefficient (Wildman–Crippen LogP) is 1.19. The number of amides is 3. The van der Waals surface area contributed by atoms with Crippen LogP contribution in [0.25, 0.3) is 0 Å². The van der Waals surface area contributed by atoms with Gasteiger partial charge in [0.05, 0.1) is 9.08 Å². The topological polar surface area (TPSA) is 62.3 Å².